The Balaban J connectivity index is 1.46. The van der Waals surface area contributed by atoms with E-state index >= 15 is 0 Å². The van der Waals surface area contributed by atoms with Gasteiger partial charge in [-0.05, 0) is 41.3 Å². The number of benzene rings is 2. The van der Waals surface area contributed by atoms with Gasteiger partial charge in [0.1, 0.15) is 5.82 Å². The van der Waals surface area contributed by atoms with Crippen LogP contribution in [-0.4, -0.2) is 50.1 Å². The number of aryl methyl sites for hydroxylation is 1. The minimum absolute atomic E-state index is 0.134. The number of aliphatic imine (C=N–C) groups is 1. The summed E-state index contributed by atoms with van der Waals surface area (Å²) < 4.78 is 2.41. The van der Waals surface area contributed by atoms with E-state index in [1.807, 2.05) is 37.2 Å². The Morgan fingerprint density at radius 2 is 1.79 bits per heavy atom. The van der Waals surface area contributed by atoms with Crippen molar-refractivity contribution in [2.75, 3.05) is 19.4 Å². The fraction of sp³-hybridized carbons (Fsp3) is 0.308. The van der Waals surface area contributed by atoms with Crippen molar-refractivity contribution in [3.63, 3.8) is 0 Å². The molecule has 0 radical (unpaired) electrons. The van der Waals surface area contributed by atoms with E-state index < -0.39 is 0 Å². The molecule has 0 aliphatic carbocycles. The average Bonchev–Trinajstić information content (AvgIpc) is 3.49. The zero-order valence-electron chi connectivity index (χ0n) is 20.1. The lowest BCUT2D eigenvalue weighted by Crippen LogP contribution is -2.33. The quantitative estimate of drug-likeness (QED) is 0.439. The third-order valence-electron chi connectivity index (χ3n) is 6.26. The van der Waals surface area contributed by atoms with E-state index in [0.717, 1.165) is 47.9 Å². The Bertz CT molecular complexity index is 1300. The lowest BCUT2D eigenvalue weighted by atomic mass is 9.98. The van der Waals surface area contributed by atoms with Gasteiger partial charge in [-0.1, -0.05) is 61.9 Å². The largest absolute Gasteiger partial charge is 0.349 e. The number of nitrogens with one attached hydrogen (secondary N) is 2. The van der Waals surface area contributed by atoms with E-state index in [-0.39, 0.29) is 6.04 Å². The summed E-state index contributed by atoms with van der Waals surface area (Å²) in [7, 11) is 4.05. The summed E-state index contributed by atoms with van der Waals surface area (Å²) in [5, 5.41) is 18.2. The van der Waals surface area contributed by atoms with Crippen molar-refractivity contribution in [1.82, 2.24) is 30.1 Å². The lowest BCUT2D eigenvalue weighted by molar-refractivity contribution is 0.600. The van der Waals surface area contributed by atoms with Gasteiger partial charge in [-0.25, -0.2) is 4.99 Å². The van der Waals surface area contributed by atoms with Crippen molar-refractivity contribution in [2.24, 2.45) is 4.99 Å². The van der Waals surface area contributed by atoms with Crippen LogP contribution in [0.15, 0.2) is 59.6 Å². The number of hydrogen-bond acceptors (Lipinski definition) is 6. The minimum Gasteiger partial charge on any atom is -0.349 e. The topological polar surface area (TPSA) is 87.0 Å². The molecule has 34 heavy (non-hydrogen) atoms. The highest BCUT2D eigenvalue weighted by Gasteiger charge is 2.25. The number of guanidine groups is 1. The van der Waals surface area contributed by atoms with Crippen LogP contribution in [-0.2, 0) is 13.0 Å². The third-order valence-corrected chi connectivity index (χ3v) is 6.26. The second kappa shape index (κ2) is 9.13. The van der Waals surface area contributed by atoms with Gasteiger partial charge >= 0.3 is 0 Å². The summed E-state index contributed by atoms with van der Waals surface area (Å²) in [6.07, 6.45) is 2.14. The molecule has 8 heteroatoms. The third kappa shape index (κ3) is 4.07. The van der Waals surface area contributed by atoms with Crippen LogP contribution in [0.4, 0.5) is 5.82 Å². The smallest absolute Gasteiger partial charge is 0.205 e. The van der Waals surface area contributed by atoms with Gasteiger partial charge in [0.25, 0.3) is 0 Å². The van der Waals surface area contributed by atoms with E-state index in [9.17, 15) is 0 Å². The molecule has 5 rings (SSSR count). The van der Waals surface area contributed by atoms with Gasteiger partial charge in [0.05, 0.1) is 6.04 Å². The molecule has 0 spiro atoms. The summed E-state index contributed by atoms with van der Waals surface area (Å²) in [5.74, 6) is 2.65. The molecule has 1 aliphatic rings. The normalized spacial score (nSPS) is 14.9. The minimum atomic E-state index is 0.134. The number of fused-ring (bicyclic) bond motifs is 1. The fourth-order valence-corrected chi connectivity index (χ4v) is 4.52. The zero-order valence-corrected chi connectivity index (χ0v) is 20.1. The number of tetrazole rings is 1. The second-order valence-electron chi connectivity index (χ2n) is 8.90. The molecule has 0 bridgehead atoms. The van der Waals surface area contributed by atoms with Gasteiger partial charge in [0, 0.05) is 37.5 Å². The summed E-state index contributed by atoms with van der Waals surface area (Å²) >= 11 is 0. The molecule has 1 atom stereocenters. The van der Waals surface area contributed by atoms with Crippen LogP contribution in [0, 0.1) is 0 Å². The molecule has 0 saturated carbocycles. The molecule has 2 aromatic heterocycles. The molecule has 1 unspecified atom stereocenters. The zero-order chi connectivity index (χ0) is 23.7. The molecule has 2 N–H and O–H groups in total. The van der Waals surface area contributed by atoms with Crippen LogP contribution in [0.2, 0.25) is 0 Å². The van der Waals surface area contributed by atoms with Gasteiger partial charge in [0.2, 0.25) is 5.82 Å². The molecule has 174 valence electrons. The van der Waals surface area contributed by atoms with E-state index in [0.29, 0.717) is 5.82 Å². The monoisotopic (exact) mass is 454 g/mol. The second-order valence-corrected chi connectivity index (χ2v) is 8.90. The Morgan fingerprint density at radius 1 is 1.03 bits per heavy atom. The maximum Gasteiger partial charge on any atom is 0.205 e. The Labute approximate surface area is 199 Å². The predicted octanol–water partition coefficient (Wildman–Crippen LogP) is 4.74. The van der Waals surface area contributed by atoms with Crippen molar-refractivity contribution in [3.8, 4) is 22.5 Å². The molecular weight excluding hydrogens is 424 g/mol. The lowest BCUT2D eigenvalue weighted by Gasteiger charge is -2.26. The number of rotatable bonds is 6. The molecule has 4 aromatic rings. The molecular formula is C26H30N8. The summed E-state index contributed by atoms with van der Waals surface area (Å²) in [6.45, 7) is 5.20. The molecule has 8 nitrogen and oxygen atoms in total. The predicted molar refractivity (Wildman–Crippen MR) is 136 cm³/mol. The van der Waals surface area contributed by atoms with Crippen molar-refractivity contribution >= 4 is 11.8 Å². The van der Waals surface area contributed by atoms with Crippen molar-refractivity contribution in [3.05, 3.63) is 71.4 Å². The van der Waals surface area contributed by atoms with Crippen molar-refractivity contribution in [1.29, 1.82) is 0 Å². The maximum atomic E-state index is 4.82. The van der Waals surface area contributed by atoms with Crippen LogP contribution < -0.4 is 5.32 Å². The number of nitrogens with zero attached hydrogens (tertiary/aromatic N) is 6. The summed E-state index contributed by atoms with van der Waals surface area (Å²) in [5.41, 5.74) is 7.03. The molecule has 2 aromatic carbocycles. The molecule has 1 aliphatic heterocycles. The fourth-order valence-electron chi connectivity index (χ4n) is 4.52. The first-order valence-corrected chi connectivity index (χ1v) is 11.7. The van der Waals surface area contributed by atoms with Crippen LogP contribution in [0.5, 0.6) is 0 Å². The number of anilines is 1. The highest BCUT2D eigenvalue weighted by molar-refractivity contribution is 5.95. The molecule has 3 heterocycles. The maximum absolute atomic E-state index is 4.82. The van der Waals surface area contributed by atoms with E-state index in [1.54, 1.807) is 0 Å². The van der Waals surface area contributed by atoms with E-state index in [2.05, 4.69) is 80.8 Å². The summed E-state index contributed by atoms with van der Waals surface area (Å²) in [4.78, 5) is 6.85. The number of hydrogen-bond donors (Lipinski definition) is 2. The molecule has 0 fully saturated rings. The van der Waals surface area contributed by atoms with Crippen LogP contribution in [0.3, 0.4) is 0 Å². The number of aromatic amines is 1. The van der Waals surface area contributed by atoms with E-state index in [1.165, 1.54) is 16.8 Å². The molecule has 0 saturated heterocycles. The van der Waals surface area contributed by atoms with Gasteiger partial charge in [-0.2, -0.15) is 5.21 Å². The first kappa shape index (κ1) is 21.9. The molecule has 0 amide bonds. The summed E-state index contributed by atoms with van der Waals surface area (Å²) in [6, 6.07) is 19.4. The highest BCUT2D eigenvalue weighted by Crippen LogP contribution is 2.35. The standard InChI is InChI=1S/C26H30N8/c1-5-8-20-15-23-17(2)27-26(33(3)4)28-25(23)34(20)16-18-11-13-19(14-12-18)21-9-6-7-10-22(21)24-29-31-32-30-24/h6-7,9-15,17H,5,8,16H2,1-4H3,(H,27,28)(H,29,30,31,32). The Kier molecular flexibility index (Phi) is 5.88. The average molecular weight is 455 g/mol. The van der Waals surface area contributed by atoms with Gasteiger partial charge < -0.3 is 14.8 Å². The van der Waals surface area contributed by atoms with E-state index in [4.69, 9.17) is 4.99 Å². The number of H-pyrrole nitrogens is 1. The Morgan fingerprint density at radius 3 is 2.47 bits per heavy atom. The first-order valence-electron chi connectivity index (χ1n) is 11.7. The SMILES string of the molecule is CCCc1cc2c(n1Cc1ccc(-c3ccccc3-c3nn[nH]n3)cc1)NC(N(C)C)=NC2C. The number of aromatic nitrogens is 5. The van der Waals surface area contributed by atoms with Gasteiger partial charge in [-0.3, -0.25) is 0 Å². The van der Waals surface area contributed by atoms with Gasteiger partial charge in [-0.15, -0.1) is 10.2 Å². The van der Waals surface area contributed by atoms with Crippen LogP contribution in [0.25, 0.3) is 22.5 Å². The van der Waals surface area contributed by atoms with Crippen molar-refractivity contribution < 1.29 is 0 Å². The van der Waals surface area contributed by atoms with Crippen molar-refractivity contribution in [2.45, 2.75) is 39.3 Å². The van der Waals surface area contributed by atoms with Gasteiger partial charge in [0.15, 0.2) is 5.96 Å². The van der Waals surface area contributed by atoms with Crippen LogP contribution in [0.1, 0.15) is 43.1 Å². The Hall–Kier alpha value is -3.94. The van der Waals surface area contributed by atoms with Crippen LogP contribution >= 0.6 is 0 Å². The first-order chi connectivity index (χ1) is 16.5. The highest BCUT2D eigenvalue weighted by atomic mass is 15.5.